The summed E-state index contributed by atoms with van der Waals surface area (Å²) in [4.78, 5) is 0. The van der Waals surface area contributed by atoms with E-state index in [4.69, 9.17) is 9.47 Å². The van der Waals surface area contributed by atoms with Crippen LogP contribution in [0.1, 0.15) is 86.5 Å². The fourth-order valence-corrected chi connectivity index (χ4v) is 8.31. The first-order valence-corrected chi connectivity index (χ1v) is 12.4. The van der Waals surface area contributed by atoms with Crippen LogP contribution in [0.2, 0.25) is 0 Å². The molecule has 0 N–H and O–H groups in total. The van der Waals surface area contributed by atoms with E-state index < -0.39 is 5.79 Å². The van der Waals surface area contributed by atoms with Crippen LogP contribution in [0.15, 0.2) is 23.3 Å². The molecule has 0 bridgehead atoms. The van der Waals surface area contributed by atoms with Crippen LogP contribution in [0.25, 0.3) is 0 Å². The zero-order valence-electron chi connectivity index (χ0n) is 19.5. The Morgan fingerprint density at radius 3 is 2.66 bits per heavy atom. The molecule has 3 saturated carbocycles. The van der Waals surface area contributed by atoms with E-state index in [0.717, 1.165) is 29.6 Å². The second-order valence-corrected chi connectivity index (χ2v) is 12.0. The molecule has 2 heteroatoms. The van der Waals surface area contributed by atoms with E-state index in [1.807, 2.05) is 0 Å². The number of rotatable bonds is 4. The molecule has 162 valence electrons. The van der Waals surface area contributed by atoms with Crippen molar-refractivity contribution in [3.05, 3.63) is 23.3 Å². The van der Waals surface area contributed by atoms with Crippen molar-refractivity contribution in [1.29, 1.82) is 0 Å². The molecule has 0 radical (unpaired) electrons. The maximum atomic E-state index is 6.66. The molecule has 0 aromatic rings. The van der Waals surface area contributed by atoms with Gasteiger partial charge in [0.25, 0.3) is 0 Å². The van der Waals surface area contributed by atoms with E-state index in [1.165, 1.54) is 50.5 Å². The first-order chi connectivity index (χ1) is 13.7. The van der Waals surface area contributed by atoms with Gasteiger partial charge in [-0.2, -0.15) is 0 Å². The number of allylic oxidation sites excluding steroid dienone is 3. The molecule has 1 aliphatic heterocycles. The van der Waals surface area contributed by atoms with E-state index in [9.17, 15) is 0 Å². The Kier molecular flexibility index (Phi) is 4.87. The van der Waals surface area contributed by atoms with Crippen molar-refractivity contribution in [3.8, 4) is 0 Å². The molecule has 5 aliphatic rings. The lowest BCUT2D eigenvalue weighted by Crippen LogP contribution is -2.57. The summed E-state index contributed by atoms with van der Waals surface area (Å²) in [5, 5.41) is 0. The minimum Gasteiger partial charge on any atom is -0.347 e. The van der Waals surface area contributed by atoms with E-state index in [2.05, 4.69) is 53.7 Å². The van der Waals surface area contributed by atoms with Gasteiger partial charge in [-0.25, -0.2) is 0 Å². The van der Waals surface area contributed by atoms with Crippen molar-refractivity contribution in [1.82, 2.24) is 0 Å². The monoisotopic (exact) mass is 398 g/mol. The fourth-order valence-electron chi connectivity index (χ4n) is 8.31. The Bertz CT molecular complexity index is 714. The highest BCUT2D eigenvalue weighted by atomic mass is 16.7. The Morgan fingerprint density at radius 2 is 1.90 bits per heavy atom. The standard InChI is InChI=1S/C27H42O2/c1-16(2)9-7-10-17(3)19-12-13-20-23-21(29-26(4,5)28-20)15-18-11-8-14-27(6)24(18)25(27)22(19)23/h9,11,17,19-25H,7-8,10,12-15H2,1-6H3/t17-,19-,20-,21-,22-,23+,24-,25+,27-/m0/s1. The van der Waals surface area contributed by atoms with Crippen molar-refractivity contribution in [2.24, 2.45) is 40.9 Å². The van der Waals surface area contributed by atoms with Crippen LogP contribution in [0.5, 0.6) is 0 Å². The highest BCUT2D eigenvalue weighted by Gasteiger charge is 2.71. The molecule has 0 aromatic carbocycles. The zero-order chi connectivity index (χ0) is 20.6. The molecule has 0 amide bonds. The summed E-state index contributed by atoms with van der Waals surface area (Å²) in [6, 6.07) is 0. The molecular formula is C27H42O2. The lowest BCUT2D eigenvalue weighted by atomic mass is 9.60. The van der Waals surface area contributed by atoms with Gasteiger partial charge in [0, 0.05) is 5.92 Å². The van der Waals surface area contributed by atoms with Crippen molar-refractivity contribution >= 4 is 0 Å². The van der Waals surface area contributed by atoms with Crippen molar-refractivity contribution in [3.63, 3.8) is 0 Å². The minimum absolute atomic E-state index is 0.364. The Hall–Kier alpha value is -0.600. The van der Waals surface area contributed by atoms with Gasteiger partial charge in [0.2, 0.25) is 0 Å². The zero-order valence-corrected chi connectivity index (χ0v) is 19.5. The maximum Gasteiger partial charge on any atom is 0.163 e. The lowest BCUT2D eigenvalue weighted by molar-refractivity contribution is -0.338. The first kappa shape index (κ1) is 20.3. The van der Waals surface area contributed by atoms with Crippen LogP contribution >= 0.6 is 0 Å². The van der Waals surface area contributed by atoms with Crippen molar-refractivity contribution < 1.29 is 9.47 Å². The van der Waals surface area contributed by atoms with Gasteiger partial charge in [-0.1, -0.05) is 37.1 Å². The fraction of sp³-hybridized carbons (Fsp3) is 0.852. The Morgan fingerprint density at radius 1 is 1.14 bits per heavy atom. The predicted octanol–water partition coefficient (Wildman–Crippen LogP) is 6.91. The van der Waals surface area contributed by atoms with Gasteiger partial charge < -0.3 is 9.47 Å². The molecule has 5 rings (SSSR count). The molecule has 0 spiro atoms. The summed E-state index contributed by atoms with van der Waals surface area (Å²) in [6.07, 6.45) is 14.8. The SMILES string of the molecule is CC(C)=CCC[C@H](C)[C@@H]1CC[C@@H]2OC(C)(C)O[C@H]3CC4=CCC[C@]5(C)[C@H]([C@@H]1[C@H]23)[C@H]45. The van der Waals surface area contributed by atoms with Gasteiger partial charge in [-0.05, 0) is 108 Å². The average Bonchev–Trinajstić information content (AvgIpc) is 3.28. The van der Waals surface area contributed by atoms with Gasteiger partial charge >= 0.3 is 0 Å². The molecule has 2 nitrogen and oxygen atoms in total. The summed E-state index contributed by atoms with van der Waals surface area (Å²) >= 11 is 0. The van der Waals surface area contributed by atoms with E-state index in [0.29, 0.717) is 23.5 Å². The third-order valence-corrected chi connectivity index (χ3v) is 9.42. The highest BCUT2D eigenvalue weighted by Crippen LogP contribution is 2.75. The molecule has 4 aliphatic carbocycles. The first-order valence-electron chi connectivity index (χ1n) is 12.4. The number of hydrogen-bond donors (Lipinski definition) is 0. The summed E-state index contributed by atoms with van der Waals surface area (Å²) in [6.45, 7) is 13.9. The van der Waals surface area contributed by atoms with E-state index in [1.54, 1.807) is 5.57 Å². The summed E-state index contributed by atoms with van der Waals surface area (Å²) in [5.74, 6) is 4.31. The van der Waals surface area contributed by atoms with Gasteiger partial charge in [0.15, 0.2) is 5.79 Å². The number of ether oxygens (including phenoxy) is 2. The average molecular weight is 399 g/mol. The molecule has 4 fully saturated rings. The van der Waals surface area contributed by atoms with Crippen LogP contribution in [0.4, 0.5) is 0 Å². The normalized spacial score (nSPS) is 47.8. The summed E-state index contributed by atoms with van der Waals surface area (Å²) < 4.78 is 13.2. The summed E-state index contributed by atoms with van der Waals surface area (Å²) in [5.41, 5.74) is 3.77. The van der Waals surface area contributed by atoms with Gasteiger partial charge in [0.05, 0.1) is 12.2 Å². The van der Waals surface area contributed by atoms with E-state index >= 15 is 0 Å². The Labute approximate surface area is 178 Å². The lowest BCUT2D eigenvalue weighted by Gasteiger charge is -2.54. The largest absolute Gasteiger partial charge is 0.347 e. The quantitative estimate of drug-likeness (QED) is 0.479. The van der Waals surface area contributed by atoms with Gasteiger partial charge in [-0.3, -0.25) is 0 Å². The predicted molar refractivity (Wildman–Crippen MR) is 118 cm³/mol. The molecule has 9 atom stereocenters. The number of hydrogen-bond acceptors (Lipinski definition) is 2. The molecule has 0 unspecified atom stereocenters. The second-order valence-electron chi connectivity index (χ2n) is 12.0. The summed E-state index contributed by atoms with van der Waals surface area (Å²) in [7, 11) is 0. The smallest absolute Gasteiger partial charge is 0.163 e. The second kappa shape index (κ2) is 6.95. The third-order valence-electron chi connectivity index (χ3n) is 9.42. The van der Waals surface area contributed by atoms with Crippen molar-refractivity contribution in [2.75, 3.05) is 0 Å². The minimum atomic E-state index is -0.425. The van der Waals surface area contributed by atoms with Crippen LogP contribution in [0.3, 0.4) is 0 Å². The molecular weight excluding hydrogens is 356 g/mol. The van der Waals surface area contributed by atoms with Crippen LogP contribution in [0, 0.1) is 40.9 Å². The number of fused-ring (bicyclic) bond motifs is 2. The molecule has 29 heavy (non-hydrogen) atoms. The Balaban J connectivity index is 1.47. The molecule has 0 aromatic heterocycles. The van der Waals surface area contributed by atoms with Crippen molar-refractivity contribution in [2.45, 2.75) is 104 Å². The highest BCUT2D eigenvalue weighted by molar-refractivity contribution is 5.33. The van der Waals surface area contributed by atoms with Crippen LogP contribution in [-0.4, -0.2) is 18.0 Å². The molecule has 1 heterocycles. The molecule has 1 saturated heterocycles. The van der Waals surface area contributed by atoms with Gasteiger partial charge in [0.1, 0.15) is 0 Å². The maximum absolute atomic E-state index is 6.66. The van der Waals surface area contributed by atoms with Gasteiger partial charge in [-0.15, -0.1) is 0 Å². The third kappa shape index (κ3) is 3.28. The van der Waals surface area contributed by atoms with Crippen LogP contribution < -0.4 is 0 Å². The van der Waals surface area contributed by atoms with Crippen LogP contribution in [-0.2, 0) is 9.47 Å². The van der Waals surface area contributed by atoms with E-state index in [-0.39, 0.29) is 0 Å². The topological polar surface area (TPSA) is 18.5 Å².